The van der Waals surface area contributed by atoms with Crippen LogP contribution in [-0.4, -0.2) is 29.7 Å². The third-order valence-corrected chi connectivity index (χ3v) is 5.10. The maximum atomic E-state index is 13.2. The number of nitrogens with zero attached hydrogens (tertiary/aromatic N) is 2. The van der Waals surface area contributed by atoms with Crippen LogP contribution in [0.3, 0.4) is 0 Å². The summed E-state index contributed by atoms with van der Waals surface area (Å²) < 4.78 is 64.2. The number of fused-ring (bicyclic) bond motifs is 3. The summed E-state index contributed by atoms with van der Waals surface area (Å²) in [7, 11) is 0. The third-order valence-electron chi connectivity index (χ3n) is 4.72. The smallest absolute Gasteiger partial charge is 0.406 e. The number of aromatic nitrogens is 3. The summed E-state index contributed by atoms with van der Waals surface area (Å²) in [5, 5.41) is 6.97. The molecule has 0 aliphatic heterocycles. The molecule has 2 aromatic carbocycles. The predicted octanol–water partition coefficient (Wildman–Crippen LogP) is 2.99. The molecule has 0 amide bonds. The summed E-state index contributed by atoms with van der Waals surface area (Å²) >= 11 is -2.46. The van der Waals surface area contributed by atoms with Crippen LogP contribution in [0.5, 0.6) is 0 Å². The first kappa shape index (κ1) is 20.3. The SMILES string of the molecule is O=c1c2cn[nH]c2c2ccc(-c3ccccc3CNS(=O)[O-])cc2n1CC(F)(F)F. The number of rotatable bonds is 5. The van der Waals surface area contributed by atoms with E-state index in [-0.39, 0.29) is 17.4 Å². The maximum absolute atomic E-state index is 13.2. The van der Waals surface area contributed by atoms with Crippen LogP contribution in [0, 0.1) is 0 Å². The van der Waals surface area contributed by atoms with Crippen molar-refractivity contribution in [2.75, 3.05) is 0 Å². The number of alkyl halides is 3. The number of aromatic amines is 1. The minimum atomic E-state index is -4.59. The van der Waals surface area contributed by atoms with E-state index in [0.717, 1.165) is 0 Å². The molecule has 30 heavy (non-hydrogen) atoms. The van der Waals surface area contributed by atoms with Crippen molar-refractivity contribution in [3.05, 3.63) is 64.6 Å². The van der Waals surface area contributed by atoms with E-state index in [1.165, 1.54) is 12.3 Å². The number of halogens is 3. The number of H-pyrrole nitrogens is 1. The molecule has 2 heterocycles. The van der Waals surface area contributed by atoms with Crippen LogP contribution in [0.15, 0.2) is 53.5 Å². The largest absolute Gasteiger partial charge is 0.760 e. The molecule has 0 fully saturated rings. The average molecular weight is 435 g/mol. The van der Waals surface area contributed by atoms with E-state index >= 15 is 0 Å². The van der Waals surface area contributed by atoms with Gasteiger partial charge < -0.3 is 4.55 Å². The summed E-state index contributed by atoms with van der Waals surface area (Å²) in [6.45, 7) is -1.43. The van der Waals surface area contributed by atoms with E-state index in [9.17, 15) is 26.7 Å². The monoisotopic (exact) mass is 435 g/mol. The minimum Gasteiger partial charge on any atom is -0.760 e. The van der Waals surface area contributed by atoms with Gasteiger partial charge in [0.25, 0.3) is 5.56 Å². The van der Waals surface area contributed by atoms with E-state index in [4.69, 9.17) is 0 Å². The molecule has 0 bridgehead atoms. The van der Waals surface area contributed by atoms with Crippen molar-refractivity contribution < 1.29 is 21.9 Å². The first-order chi connectivity index (χ1) is 14.2. The van der Waals surface area contributed by atoms with Gasteiger partial charge in [0.05, 0.1) is 22.6 Å². The molecule has 0 spiro atoms. The third kappa shape index (κ3) is 3.86. The van der Waals surface area contributed by atoms with Gasteiger partial charge in [-0.05, 0) is 22.8 Å². The van der Waals surface area contributed by atoms with Crippen LogP contribution in [0.1, 0.15) is 5.56 Å². The second-order valence-corrected chi connectivity index (χ2v) is 7.37. The lowest BCUT2D eigenvalue weighted by molar-refractivity contribution is -0.140. The van der Waals surface area contributed by atoms with Gasteiger partial charge in [-0.2, -0.15) is 18.3 Å². The Morgan fingerprint density at radius 3 is 2.67 bits per heavy atom. The number of hydrogen-bond donors (Lipinski definition) is 2. The van der Waals surface area contributed by atoms with Gasteiger partial charge in [-0.15, -0.1) is 0 Å². The van der Waals surface area contributed by atoms with E-state index in [0.29, 0.717) is 32.2 Å². The summed E-state index contributed by atoms with van der Waals surface area (Å²) in [5.74, 6) is 0. The van der Waals surface area contributed by atoms with Crippen LogP contribution in [0.2, 0.25) is 0 Å². The Morgan fingerprint density at radius 2 is 1.93 bits per heavy atom. The van der Waals surface area contributed by atoms with Crippen LogP contribution >= 0.6 is 0 Å². The van der Waals surface area contributed by atoms with Gasteiger partial charge in [0.15, 0.2) is 0 Å². The molecule has 7 nitrogen and oxygen atoms in total. The van der Waals surface area contributed by atoms with Gasteiger partial charge in [0.2, 0.25) is 0 Å². The standard InChI is InChI=1S/C19H15F3N4O3S/c20-19(21,22)10-26-16-7-11(13-4-2-1-3-12(13)8-24-30(28)29)5-6-14(16)17-15(18(26)27)9-23-25-17/h1-7,9,24H,8,10H2,(H,23,25)(H,28,29)/p-1. The van der Waals surface area contributed by atoms with E-state index in [1.807, 2.05) is 0 Å². The highest BCUT2D eigenvalue weighted by Gasteiger charge is 2.30. The van der Waals surface area contributed by atoms with Gasteiger partial charge in [-0.25, -0.2) is 4.72 Å². The van der Waals surface area contributed by atoms with Crippen molar-refractivity contribution >= 4 is 33.1 Å². The Kier molecular flexibility index (Phi) is 5.18. The highest BCUT2D eigenvalue weighted by Crippen LogP contribution is 2.30. The molecule has 0 aliphatic carbocycles. The molecule has 2 aromatic heterocycles. The second-order valence-electron chi connectivity index (χ2n) is 6.61. The molecule has 2 N–H and O–H groups in total. The number of benzene rings is 2. The zero-order valence-electron chi connectivity index (χ0n) is 15.2. The lowest BCUT2D eigenvalue weighted by Gasteiger charge is -2.16. The summed E-state index contributed by atoms with van der Waals surface area (Å²) in [6.07, 6.45) is -3.38. The fourth-order valence-electron chi connectivity index (χ4n) is 3.47. The topological polar surface area (TPSA) is 103 Å². The average Bonchev–Trinajstić information content (AvgIpc) is 3.19. The Balaban J connectivity index is 1.95. The van der Waals surface area contributed by atoms with E-state index in [2.05, 4.69) is 14.9 Å². The Hall–Kier alpha value is -3.02. The zero-order valence-corrected chi connectivity index (χ0v) is 16.0. The lowest BCUT2D eigenvalue weighted by atomic mass is 9.98. The molecule has 0 saturated carbocycles. The fourth-order valence-corrected chi connectivity index (χ4v) is 3.74. The predicted molar refractivity (Wildman–Crippen MR) is 105 cm³/mol. The molecule has 11 heteroatoms. The molecule has 4 rings (SSSR count). The Bertz CT molecular complexity index is 1330. The quantitative estimate of drug-likeness (QED) is 0.471. The van der Waals surface area contributed by atoms with Gasteiger partial charge in [-0.3, -0.25) is 18.7 Å². The van der Waals surface area contributed by atoms with E-state index < -0.39 is 29.5 Å². The highest BCUT2D eigenvalue weighted by molar-refractivity contribution is 7.77. The Labute approximate surface area is 169 Å². The van der Waals surface area contributed by atoms with Crippen molar-refractivity contribution in [2.45, 2.75) is 19.3 Å². The van der Waals surface area contributed by atoms with Crippen LogP contribution in [0.4, 0.5) is 13.2 Å². The molecular formula is C19H14F3N4O3S-. The minimum absolute atomic E-state index is 0.0132. The van der Waals surface area contributed by atoms with Crippen molar-refractivity contribution in [1.82, 2.24) is 19.5 Å². The molecule has 0 aliphatic rings. The number of nitrogens with one attached hydrogen (secondary N) is 2. The van der Waals surface area contributed by atoms with Crippen LogP contribution in [0.25, 0.3) is 32.9 Å². The summed E-state index contributed by atoms with van der Waals surface area (Å²) in [6, 6.07) is 11.7. The number of pyridine rings is 1. The van der Waals surface area contributed by atoms with Gasteiger partial charge in [0.1, 0.15) is 6.54 Å². The van der Waals surface area contributed by atoms with Crippen LogP contribution in [-0.2, 0) is 24.4 Å². The van der Waals surface area contributed by atoms with Gasteiger partial charge >= 0.3 is 6.18 Å². The first-order valence-corrected chi connectivity index (χ1v) is 9.79. The van der Waals surface area contributed by atoms with Gasteiger partial charge in [0, 0.05) is 23.2 Å². The maximum Gasteiger partial charge on any atom is 0.406 e. The molecule has 1 atom stereocenters. The molecule has 156 valence electrons. The first-order valence-electron chi connectivity index (χ1n) is 8.72. The van der Waals surface area contributed by atoms with Crippen molar-refractivity contribution in [2.24, 2.45) is 0 Å². The van der Waals surface area contributed by atoms with E-state index in [1.54, 1.807) is 36.4 Å². The fraction of sp³-hybridized carbons (Fsp3) is 0.158. The van der Waals surface area contributed by atoms with Crippen molar-refractivity contribution in [1.29, 1.82) is 0 Å². The molecule has 0 radical (unpaired) electrons. The van der Waals surface area contributed by atoms with Crippen molar-refractivity contribution in [3.8, 4) is 11.1 Å². The summed E-state index contributed by atoms with van der Waals surface area (Å²) in [5.41, 5.74) is 1.48. The highest BCUT2D eigenvalue weighted by atomic mass is 32.2. The van der Waals surface area contributed by atoms with Crippen LogP contribution < -0.4 is 10.3 Å². The molecular weight excluding hydrogens is 421 g/mol. The molecule has 1 unspecified atom stereocenters. The summed E-state index contributed by atoms with van der Waals surface area (Å²) in [4.78, 5) is 12.7. The van der Waals surface area contributed by atoms with Gasteiger partial charge in [-0.1, -0.05) is 36.4 Å². The zero-order chi connectivity index (χ0) is 21.5. The normalized spacial score (nSPS) is 13.2. The molecule has 0 saturated heterocycles. The lowest BCUT2D eigenvalue weighted by Crippen LogP contribution is -2.28. The van der Waals surface area contributed by atoms with Crippen molar-refractivity contribution in [3.63, 3.8) is 0 Å². The molecule has 4 aromatic rings. The number of hydrogen-bond acceptors (Lipinski definition) is 4. The second kappa shape index (κ2) is 7.67. The Morgan fingerprint density at radius 1 is 1.17 bits per heavy atom.